The molecule has 1 aliphatic carbocycles. The number of hydrogen-bond acceptors (Lipinski definition) is 4. The van der Waals surface area contributed by atoms with E-state index in [0.29, 0.717) is 17.0 Å². The Kier molecular flexibility index (Phi) is 2.18. The molecule has 0 aromatic carbocycles. The lowest BCUT2D eigenvalue weighted by Crippen LogP contribution is -1.98. The van der Waals surface area contributed by atoms with E-state index in [1.54, 1.807) is 11.3 Å². The van der Waals surface area contributed by atoms with Crippen LogP contribution in [-0.2, 0) is 0 Å². The van der Waals surface area contributed by atoms with Crippen molar-refractivity contribution in [3.05, 3.63) is 28.6 Å². The van der Waals surface area contributed by atoms with Gasteiger partial charge in [-0.25, -0.2) is 9.97 Å². The Hall–Kier alpha value is -1.00. The fraction of sp³-hybridized carbons (Fsp3) is 0.300. The zero-order valence-corrected chi connectivity index (χ0v) is 9.42. The van der Waals surface area contributed by atoms with Crippen LogP contribution in [0.4, 0.5) is 0 Å². The number of hydrogen-bond donors (Lipinski definition) is 0. The molecule has 76 valence electrons. The third-order valence-corrected chi connectivity index (χ3v) is 3.34. The first-order chi connectivity index (χ1) is 7.33. The average molecular weight is 238 g/mol. The van der Waals surface area contributed by atoms with Crippen LogP contribution in [0.3, 0.4) is 0 Å². The molecule has 0 N–H and O–H groups in total. The minimum Gasteiger partial charge on any atom is -0.212 e. The van der Waals surface area contributed by atoms with Crippen molar-refractivity contribution in [3.63, 3.8) is 0 Å². The molecule has 0 bridgehead atoms. The molecule has 0 spiro atoms. The van der Waals surface area contributed by atoms with Gasteiger partial charge in [0, 0.05) is 5.92 Å². The van der Waals surface area contributed by atoms with Gasteiger partial charge in [0.25, 0.3) is 0 Å². The summed E-state index contributed by atoms with van der Waals surface area (Å²) < 4.78 is 0. The molecule has 2 aromatic heterocycles. The van der Waals surface area contributed by atoms with Crippen LogP contribution in [0.25, 0.3) is 10.7 Å². The van der Waals surface area contributed by atoms with Gasteiger partial charge in [-0.3, -0.25) is 0 Å². The summed E-state index contributed by atoms with van der Waals surface area (Å²) in [5, 5.41) is 2.30. The highest BCUT2D eigenvalue weighted by Gasteiger charge is 2.27. The molecule has 0 radical (unpaired) electrons. The highest BCUT2D eigenvalue weighted by atomic mass is 35.5. The van der Waals surface area contributed by atoms with E-state index < -0.39 is 0 Å². The van der Waals surface area contributed by atoms with Crippen molar-refractivity contribution in [2.24, 2.45) is 0 Å². The summed E-state index contributed by atoms with van der Waals surface area (Å²) in [5.41, 5.74) is 0. The maximum Gasteiger partial charge on any atom is 0.226 e. The molecule has 0 aliphatic heterocycles. The molecule has 0 amide bonds. The summed E-state index contributed by atoms with van der Waals surface area (Å²) in [6, 6.07) is 3.97. The molecule has 3 rings (SSSR count). The maximum atomic E-state index is 5.88. The minimum atomic E-state index is 0.301. The highest BCUT2D eigenvalue weighted by Crippen LogP contribution is 2.38. The average Bonchev–Trinajstić information content (AvgIpc) is 2.93. The van der Waals surface area contributed by atoms with Crippen LogP contribution in [0.5, 0.6) is 0 Å². The van der Waals surface area contributed by atoms with Crippen LogP contribution in [-0.4, -0.2) is 15.0 Å². The van der Waals surface area contributed by atoms with E-state index in [4.69, 9.17) is 11.6 Å². The third-order valence-electron chi connectivity index (χ3n) is 2.31. The molecule has 5 heteroatoms. The molecule has 0 atom stereocenters. The maximum absolute atomic E-state index is 5.88. The molecule has 0 saturated heterocycles. The highest BCUT2D eigenvalue weighted by molar-refractivity contribution is 7.13. The first-order valence-electron chi connectivity index (χ1n) is 4.78. The van der Waals surface area contributed by atoms with Gasteiger partial charge in [0.15, 0.2) is 5.82 Å². The lowest BCUT2D eigenvalue weighted by atomic mass is 10.4. The van der Waals surface area contributed by atoms with E-state index in [2.05, 4.69) is 15.0 Å². The van der Waals surface area contributed by atoms with Gasteiger partial charge in [-0.15, -0.1) is 11.3 Å². The number of thiophene rings is 1. The Morgan fingerprint density at radius 1 is 1.27 bits per heavy atom. The third kappa shape index (κ3) is 1.87. The first kappa shape index (κ1) is 9.24. The lowest BCUT2D eigenvalue weighted by Gasteiger charge is -2.00. The van der Waals surface area contributed by atoms with Crippen molar-refractivity contribution in [1.82, 2.24) is 15.0 Å². The summed E-state index contributed by atoms with van der Waals surface area (Å²) in [6.07, 6.45) is 2.34. The van der Waals surface area contributed by atoms with E-state index >= 15 is 0 Å². The molecule has 1 aliphatic rings. The molecule has 15 heavy (non-hydrogen) atoms. The molecule has 2 heterocycles. The van der Waals surface area contributed by atoms with Crippen LogP contribution in [0.2, 0.25) is 5.28 Å². The standard InChI is InChI=1S/C10H8ClN3S/c11-10-13-8(6-3-4-6)12-9(14-10)7-2-1-5-15-7/h1-2,5-6H,3-4H2. The molecule has 0 unspecified atom stereocenters. The second-order valence-electron chi connectivity index (χ2n) is 3.54. The summed E-state index contributed by atoms with van der Waals surface area (Å²) in [4.78, 5) is 13.8. The topological polar surface area (TPSA) is 38.7 Å². The van der Waals surface area contributed by atoms with E-state index in [9.17, 15) is 0 Å². The van der Waals surface area contributed by atoms with Crippen LogP contribution in [0.15, 0.2) is 17.5 Å². The Morgan fingerprint density at radius 2 is 2.13 bits per heavy atom. The van der Waals surface area contributed by atoms with Crippen molar-refractivity contribution in [3.8, 4) is 10.7 Å². The molecule has 2 aromatic rings. The zero-order valence-electron chi connectivity index (χ0n) is 7.85. The summed E-state index contributed by atoms with van der Waals surface area (Å²) in [7, 11) is 0. The number of aromatic nitrogens is 3. The van der Waals surface area contributed by atoms with Crippen molar-refractivity contribution >= 4 is 22.9 Å². The SMILES string of the molecule is Clc1nc(-c2cccs2)nc(C2CC2)n1. The first-order valence-corrected chi connectivity index (χ1v) is 6.04. The quantitative estimate of drug-likeness (QED) is 0.806. The Labute approximate surface area is 96.2 Å². The number of halogens is 1. The summed E-state index contributed by atoms with van der Waals surface area (Å²) >= 11 is 7.50. The molecular weight excluding hydrogens is 230 g/mol. The number of nitrogens with zero attached hydrogens (tertiary/aromatic N) is 3. The van der Waals surface area contributed by atoms with E-state index in [0.717, 1.165) is 10.7 Å². The molecule has 1 saturated carbocycles. The predicted octanol–water partition coefficient (Wildman–Crippen LogP) is 3.13. The van der Waals surface area contributed by atoms with Gasteiger partial charge in [-0.2, -0.15) is 4.98 Å². The fourth-order valence-electron chi connectivity index (χ4n) is 1.41. The second-order valence-corrected chi connectivity index (χ2v) is 4.82. The summed E-state index contributed by atoms with van der Waals surface area (Å²) in [6.45, 7) is 0. The van der Waals surface area contributed by atoms with E-state index in [-0.39, 0.29) is 0 Å². The van der Waals surface area contributed by atoms with E-state index in [1.165, 1.54) is 12.8 Å². The normalized spacial score (nSPS) is 15.5. The number of rotatable bonds is 2. The summed E-state index contributed by atoms with van der Waals surface area (Å²) in [5.74, 6) is 2.05. The minimum absolute atomic E-state index is 0.301. The Morgan fingerprint density at radius 3 is 2.80 bits per heavy atom. The Bertz CT molecular complexity index is 479. The predicted molar refractivity (Wildman–Crippen MR) is 60.1 cm³/mol. The van der Waals surface area contributed by atoms with Crippen molar-refractivity contribution in [2.45, 2.75) is 18.8 Å². The lowest BCUT2D eigenvalue weighted by molar-refractivity contribution is 0.895. The van der Waals surface area contributed by atoms with Crippen LogP contribution < -0.4 is 0 Å². The monoisotopic (exact) mass is 237 g/mol. The second kappa shape index (κ2) is 3.54. The van der Waals surface area contributed by atoms with Gasteiger partial charge in [0.05, 0.1) is 4.88 Å². The van der Waals surface area contributed by atoms with Crippen LogP contribution in [0, 0.1) is 0 Å². The van der Waals surface area contributed by atoms with Crippen molar-refractivity contribution in [2.75, 3.05) is 0 Å². The van der Waals surface area contributed by atoms with Gasteiger partial charge in [-0.05, 0) is 35.9 Å². The van der Waals surface area contributed by atoms with Crippen molar-refractivity contribution in [1.29, 1.82) is 0 Å². The fourth-order valence-corrected chi connectivity index (χ4v) is 2.23. The molecule has 1 fully saturated rings. The smallest absolute Gasteiger partial charge is 0.212 e. The zero-order chi connectivity index (χ0) is 10.3. The van der Waals surface area contributed by atoms with E-state index in [1.807, 2.05) is 17.5 Å². The molecule has 3 nitrogen and oxygen atoms in total. The molecular formula is C10H8ClN3S. The Balaban J connectivity index is 2.07. The van der Waals surface area contributed by atoms with Gasteiger partial charge in [0.1, 0.15) is 5.82 Å². The van der Waals surface area contributed by atoms with Crippen LogP contribution in [0.1, 0.15) is 24.6 Å². The van der Waals surface area contributed by atoms with Gasteiger partial charge < -0.3 is 0 Å². The van der Waals surface area contributed by atoms with Crippen LogP contribution >= 0.6 is 22.9 Å². The van der Waals surface area contributed by atoms with Gasteiger partial charge in [-0.1, -0.05) is 6.07 Å². The largest absolute Gasteiger partial charge is 0.226 e. The van der Waals surface area contributed by atoms with Crippen molar-refractivity contribution < 1.29 is 0 Å². The van der Waals surface area contributed by atoms with Gasteiger partial charge >= 0.3 is 0 Å². The van der Waals surface area contributed by atoms with Gasteiger partial charge in [0.2, 0.25) is 5.28 Å².